The summed E-state index contributed by atoms with van der Waals surface area (Å²) in [7, 11) is 0. The molecule has 1 atom stereocenters. The highest BCUT2D eigenvalue weighted by Crippen LogP contribution is 2.24. The molecule has 1 aromatic carbocycles. The number of anilines is 1. The van der Waals surface area contributed by atoms with Gasteiger partial charge in [0.05, 0.1) is 17.0 Å². The van der Waals surface area contributed by atoms with E-state index >= 15 is 0 Å². The second-order valence-electron chi connectivity index (χ2n) is 4.45. The summed E-state index contributed by atoms with van der Waals surface area (Å²) in [5.74, 6) is -0.345. The van der Waals surface area contributed by atoms with E-state index in [0.717, 1.165) is 5.56 Å². The summed E-state index contributed by atoms with van der Waals surface area (Å²) >= 11 is 1.20. The van der Waals surface area contributed by atoms with Crippen LogP contribution in [0.4, 0.5) is 5.13 Å². The average Bonchev–Trinajstić information content (AvgIpc) is 2.89. The first kappa shape index (κ1) is 14.4. The Morgan fingerprint density at radius 1 is 1.30 bits per heavy atom. The van der Waals surface area contributed by atoms with Gasteiger partial charge in [0, 0.05) is 6.92 Å². The predicted molar refractivity (Wildman–Crippen MR) is 80.2 cm³/mol. The smallest absolute Gasteiger partial charge is 0.233 e. The minimum atomic E-state index is -0.208. The molecule has 1 amide bonds. The van der Waals surface area contributed by atoms with E-state index in [4.69, 9.17) is 0 Å². The van der Waals surface area contributed by atoms with Crippen molar-refractivity contribution in [2.45, 2.75) is 26.2 Å². The van der Waals surface area contributed by atoms with Crippen LogP contribution in [0.25, 0.3) is 0 Å². The molecule has 0 radical (unpaired) electrons. The molecule has 0 aliphatic rings. The number of amides is 1. The lowest BCUT2D eigenvalue weighted by Gasteiger charge is -2.13. The quantitative estimate of drug-likeness (QED) is 0.857. The predicted octanol–water partition coefficient (Wildman–Crippen LogP) is 3.48. The lowest BCUT2D eigenvalue weighted by atomic mass is 9.96. The Morgan fingerprint density at radius 3 is 2.55 bits per heavy atom. The molecule has 0 bridgehead atoms. The maximum absolute atomic E-state index is 12.3. The average molecular weight is 288 g/mol. The lowest BCUT2D eigenvalue weighted by Crippen LogP contribution is -2.20. The Balaban J connectivity index is 2.11. The van der Waals surface area contributed by atoms with Gasteiger partial charge in [0.1, 0.15) is 0 Å². The van der Waals surface area contributed by atoms with E-state index in [1.165, 1.54) is 24.5 Å². The molecule has 20 heavy (non-hydrogen) atoms. The Kier molecular flexibility index (Phi) is 4.63. The summed E-state index contributed by atoms with van der Waals surface area (Å²) in [6.45, 7) is 3.46. The maximum atomic E-state index is 12.3. The van der Waals surface area contributed by atoms with Crippen molar-refractivity contribution in [1.29, 1.82) is 0 Å². The number of ketones is 1. The highest BCUT2D eigenvalue weighted by atomic mass is 32.1. The minimum Gasteiger partial charge on any atom is -0.301 e. The lowest BCUT2D eigenvalue weighted by molar-refractivity contribution is -0.117. The zero-order chi connectivity index (χ0) is 14.5. The summed E-state index contributed by atoms with van der Waals surface area (Å²) in [4.78, 5) is 28.1. The van der Waals surface area contributed by atoms with Crippen molar-refractivity contribution >= 4 is 28.2 Å². The molecule has 2 aromatic rings. The molecule has 1 N–H and O–H groups in total. The van der Waals surface area contributed by atoms with Crippen LogP contribution in [0.1, 0.15) is 41.4 Å². The number of carbonyl (C=O) groups is 2. The topological polar surface area (TPSA) is 59.1 Å². The molecule has 0 aliphatic carbocycles. The molecular formula is C15H16N2O2S. The number of hydrogen-bond acceptors (Lipinski definition) is 4. The van der Waals surface area contributed by atoms with Gasteiger partial charge in [-0.25, -0.2) is 4.98 Å². The van der Waals surface area contributed by atoms with E-state index in [9.17, 15) is 9.59 Å². The van der Waals surface area contributed by atoms with E-state index < -0.39 is 0 Å². The number of nitrogens with zero attached hydrogens (tertiary/aromatic N) is 1. The molecule has 2 rings (SSSR count). The van der Waals surface area contributed by atoms with Crippen molar-refractivity contribution in [3.63, 3.8) is 0 Å². The van der Waals surface area contributed by atoms with E-state index in [1.807, 2.05) is 37.3 Å². The van der Waals surface area contributed by atoms with Crippen molar-refractivity contribution in [2.75, 3.05) is 5.32 Å². The number of nitrogens with one attached hydrogen (secondary N) is 1. The molecule has 0 aliphatic heterocycles. The maximum Gasteiger partial charge on any atom is 0.233 e. The zero-order valence-corrected chi connectivity index (χ0v) is 12.2. The van der Waals surface area contributed by atoms with E-state index in [0.29, 0.717) is 16.4 Å². The second kappa shape index (κ2) is 6.43. The summed E-state index contributed by atoms with van der Waals surface area (Å²) in [6, 6.07) is 9.65. The first-order chi connectivity index (χ1) is 9.61. The van der Waals surface area contributed by atoms with Crippen LogP contribution in [0, 0.1) is 0 Å². The van der Waals surface area contributed by atoms with Gasteiger partial charge in [-0.05, 0) is 12.0 Å². The Bertz CT molecular complexity index is 607. The monoisotopic (exact) mass is 288 g/mol. The fourth-order valence-corrected chi connectivity index (χ4v) is 2.66. The fourth-order valence-electron chi connectivity index (χ4n) is 1.94. The fraction of sp³-hybridized carbons (Fsp3) is 0.267. The van der Waals surface area contributed by atoms with Crippen LogP contribution in [0.15, 0.2) is 36.5 Å². The summed E-state index contributed by atoms with van der Waals surface area (Å²) in [5.41, 5.74) is 0.982. The molecule has 5 heteroatoms. The van der Waals surface area contributed by atoms with Gasteiger partial charge in [-0.3, -0.25) is 9.59 Å². The first-order valence-electron chi connectivity index (χ1n) is 6.44. The van der Waals surface area contributed by atoms with E-state index in [-0.39, 0.29) is 17.6 Å². The van der Waals surface area contributed by atoms with Crippen molar-refractivity contribution in [2.24, 2.45) is 0 Å². The SMILES string of the molecule is CCC(C(=O)Nc1ncc(C(C)=O)s1)c1ccccc1. The van der Waals surface area contributed by atoms with E-state index in [2.05, 4.69) is 10.3 Å². The summed E-state index contributed by atoms with van der Waals surface area (Å²) < 4.78 is 0. The Labute approximate surface area is 121 Å². The number of carbonyl (C=O) groups excluding carboxylic acids is 2. The van der Waals surface area contributed by atoms with Gasteiger partial charge < -0.3 is 5.32 Å². The Morgan fingerprint density at radius 2 is 2.00 bits per heavy atom. The van der Waals surface area contributed by atoms with Crippen LogP contribution < -0.4 is 5.32 Å². The van der Waals surface area contributed by atoms with Crippen LogP contribution >= 0.6 is 11.3 Å². The zero-order valence-electron chi connectivity index (χ0n) is 11.4. The van der Waals surface area contributed by atoms with Gasteiger partial charge in [-0.1, -0.05) is 48.6 Å². The molecule has 0 saturated carbocycles. The molecule has 4 nitrogen and oxygen atoms in total. The van der Waals surface area contributed by atoms with Gasteiger partial charge in [0.2, 0.25) is 5.91 Å². The molecule has 104 valence electrons. The number of rotatable bonds is 5. The number of benzene rings is 1. The van der Waals surface area contributed by atoms with Gasteiger partial charge >= 0.3 is 0 Å². The standard InChI is InChI=1S/C15H16N2O2S/c1-3-12(11-7-5-4-6-8-11)14(19)17-15-16-9-13(20-15)10(2)18/h4-9,12H,3H2,1-2H3,(H,16,17,19). The third-order valence-corrected chi connectivity index (χ3v) is 4.02. The number of aromatic nitrogens is 1. The highest BCUT2D eigenvalue weighted by molar-refractivity contribution is 7.17. The molecule has 1 unspecified atom stereocenters. The van der Waals surface area contributed by atoms with Crippen molar-refractivity contribution in [3.8, 4) is 0 Å². The molecule has 0 spiro atoms. The number of Topliss-reactive ketones (excluding diaryl/α,β-unsaturated/α-hetero) is 1. The normalized spacial score (nSPS) is 11.9. The third-order valence-electron chi connectivity index (χ3n) is 3.01. The van der Waals surface area contributed by atoms with Crippen molar-refractivity contribution in [1.82, 2.24) is 4.98 Å². The highest BCUT2D eigenvalue weighted by Gasteiger charge is 2.19. The summed E-state index contributed by atoms with van der Waals surface area (Å²) in [5, 5.41) is 3.25. The third kappa shape index (κ3) is 3.30. The number of thiazole rings is 1. The largest absolute Gasteiger partial charge is 0.301 e. The van der Waals surface area contributed by atoms with Crippen molar-refractivity contribution in [3.05, 3.63) is 47.0 Å². The van der Waals surface area contributed by atoms with Gasteiger partial charge in [0.25, 0.3) is 0 Å². The van der Waals surface area contributed by atoms with Crippen LogP contribution in [-0.4, -0.2) is 16.7 Å². The molecule has 1 aromatic heterocycles. The van der Waals surface area contributed by atoms with Crippen molar-refractivity contribution < 1.29 is 9.59 Å². The van der Waals surface area contributed by atoms with Gasteiger partial charge in [-0.2, -0.15) is 0 Å². The molecule has 1 heterocycles. The van der Waals surface area contributed by atoms with E-state index in [1.54, 1.807) is 0 Å². The van der Waals surface area contributed by atoms with Crippen LogP contribution in [0.2, 0.25) is 0 Å². The van der Waals surface area contributed by atoms with Gasteiger partial charge in [0.15, 0.2) is 10.9 Å². The van der Waals surface area contributed by atoms with Gasteiger partial charge in [-0.15, -0.1) is 0 Å². The summed E-state index contributed by atoms with van der Waals surface area (Å²) in [6.07, 6.45) is 2.20. The van der Waals surface area contributed by atoms with Crippen LogP contribution in [-0.2, 0) is 4.79 Å². The second-order valence-corrected chi connectivity index (χ2v) is 5.48. The van der Waals surface area contributed by atoms with Crippen LogP contribution in [0.5, 0.6) is 0 Å². The number of hydrogen-bond donors (Lipinski definition) is 1. The molecule has 0 fully saturated rings. The molecule has 0 saturated heterocycles. The van der Waals surface area contributed by atoms with Crippen LogP contribution in [0.3, 0.4) is 0 Å². The Hall–Kier alpha value is -2.01. The minimum absolute atomic E-state index is 0.0434. The first-order valence-corrected chi connectivity index (χ1v) is 7.26. The molecular weight excluding hydrogens is 272 g/mol.